The van der Waals surface area contributed by atoms with Crippen molar-refractivity contribution in [2.45, 2.75) is 122 Å². The summed E-state index contributed by atoms with van der Waals surface area (Å²) in [6.45, 7) is 5.11. The molecule has 5 aliphatic heterocycles. The molecular formula is C62H76N4O9S2. The first kappa shape index (κ1) is 52.1. The van der Waals surface area contributed by atoms with E-state index in [2.05, 4.69) is 65.1 Å². The van der Waals surface area contributed by atoms with Crippen LogP contribution in [-0.2, 0) is 28.7 Å². The smallest absolute Gasteiger partial charge is 0.340 e. The molecule has 3 saturated carbocycles. The molecule has 0 aromatic rings. The molecule has 16 unspecified atom stereocenters. The summed E-state index contributed by atoms with van der Waals surface area (Å²) < 4.78 is 13.7. The average molecular weight is 1090 g/mol. The maximum atomic E-state index is 15.7. The van der Waals surface area contributed by atoms with Gasteiger partial charge in [0.15, 0.2) is 0 Å². The van der Waals surface area contributed by atoms with Crippen molar-refractivity contribution in [2.75, 3.05) is 38.7 Å². The van der Waals surface area contributed by atoms with E-state index in [0.29, 0.717) is 55.5 Å². The van der Waals surface area contributed by atoms with Crippen LogP contribution in [0.3, 0.4) is 0 Å². The Kier molecular flexibility index (Phi) is 14.0. The fraction of sp³-hybridized carbons (Fsp3) is 0.645. The summed E-state index contributed by atoms with van der Waals surface area (Å²) in [7, 11) is 3.48. The third-order valence-corrected chi connectivity index (χ3v) is 23.9. The number of hydrogen-bond acceptors (Lipinski definition) is 14. The van der Waals surface area contributed by atoms with E-state index < -0.39 is 23.4 Å². The number of esters is 2. The van der Waals surface area contributed by atoms with E-state index in [1.807, 2.05) is 6.92 Å². The summed E-state index contributed by atoms with van der Waals surface area (Å²) in [5.41, 5.74) is 4.69. The number of dihydropyridines is 1. The van der Waals surface area contributed by atoms with Crippen LogP contribution in [0.4, 0.5) is 0 Å². The molecule has 0 aromatic carbocycles. The summed E-state index contributed by atoms with van der Waals surface area (Å²) in [5, 5.41) is 43.0. The normalized spacial score (nSPS) is 40.0. The summed E-state index contributed by atoms with van der Waals surface area (Å²) >= 11 is 0. The summed E-state index contributed by atoms with van der Waals surface area (Å²) in [4.78, 5) is 59.5. The number of aliphatic hydroxyl groups excluding tert-OH is 3. The molecule has 14 aliphatic rings. The lowest BCUT2D eigenvalue weighted by atomic mass is 9.42. The number of carbonyl (C=O) groups is 4. The number of amides is 2. The Bertz CT molecular complexity index is 2810. The first-order valence-electron chi connectivity index (χ1n) is 29.3. The van der Waals surface area contributed by atoms with Crippen LogP contribution in [0.1, 0.15) is 110 Å². The second-order valence-corrected chi connectivity index (χ2v) is 27.7. The van der Waals surface area contributed by atoms with Crippen molar-refractivity contribution in [2.24, 2.45) is 87.8 Å². The number of nitrogens with one attached hydrogen (secondary N) is 3. The van der Waals surface area contributed by atoms with Crippen LogP contribution in [0.25, 0.3) is 0 Å². The van der Waals surface area contributed by atoms with Gasteiger partial charge in [0.25, 0.3) is 11.8 Å². The van der Waals surface area contributed by atoms with Gasteiger partial charge >= 0.3 is 11.9 Å². The molecule has 4 fully saturated rings. The van der Waals surface area contributed by atoms with Gasteiger partial charge in [-0.1, -0.05) is 71.4 Å². The lowest BCUT2D eigenvalue weighted by Crippen LogP contribution is -2.55. The molecule has 9 aliphatic carbocycles. The summed E-state index contributed by atoms with van der Waals surface area (Å²) in [5.74, 6) is 8.46. The molecule has 1 saturated heterocycles. The molecule has 2 amide bonds. The topological polar surface area (TPSA) is 187 Å². The Morgan fingerprint density at radius 1 is 0.896 bits per heavy atom. The quantitative estimate of drug-likeness (QED) is 0.0408. The Labute approximate surface area is 461 Å². The van der Waals surface area contributed by atoms with Crippen LogP contribution in [0.15, 0.2) is 93.3 Å². The highest BCUT2D eigenvalue weighted by atomic mass is 33.1. The first-order valence-corrected chi connectivity index (χ1v) is 31.7. The number of hydrogen-bond donors (Lipinski definition) is 6. The molecule has 14 rings (SSSR count). The molecule has 5 heterocycles. The Hall–Kier alpha value is -4.30. The van der Waals surface area contributed by atoms with E-state index in [-0.39, 0.29) is 113 Å². The molecule has 6 N–H and O–H groups in total. The van der Waals surface area contributed by atoms with E-state index in [1.54, 1.807) is 21.6 Å². The number of aliphatic hydroxyl groups is 3. The van der Waals surface area contributed by atoms with Gasteiger partial charge in [0.2, 0.25) is 0 Å². The largest absolute Gasteiger partial charge is 0.427 e. The van der Waals surface area contributed by atoms with Gasteiger partial charge in [0.05, 0.1) is 40.8 Å². The SMILES string of the molecule is CCC1(C2=C3OC(=O)C4=C3C(CC2)CC2C3CCC5(C6=CCC(C7C8C=CC9C#CC(CO)CC(CO)CC(C8)CC97)C(NCC(C)O)SSCNC7=CC(=CCN7)C(CN7C(=O)C=CC7=O)C3=C5C(=O)O6)C42)CCCC1. The number of imide groups is 1. The third kappa shape index (κ3) is 8.65. The molecule has 1 spiro atoms. The van der Waals surface area contributed by atoms with Gasteiger partial charge in [0, 0.05) is 73.2 Å². The van der Waals surface area contributed by atoms with E-state index in [1.165, 1.54) is 35.5 Å². The van der Waals surface area contributed by atoms with Crippen LogP contribution in [0, 0.1) is 99.6 Å². The highest BCUT2D eigenvalue weighted by Crippen LogP contribution is 2.73. The predicted molar refractivity (Wildman–Crippen MR) is 294 cm³/mol. The highest BCUT2D eigenvalue weighted by molar-refractivity contribution is 8.76. The van der Waals surface area contributed by atoms with Gasteiger partial charge < -0.3 is 40.7 Å². The van der Waals surface area contributed by atoms with Crippen LogP contribution in [0.5, 0.6) is 0 Å². The molecule has 0 aromatic heterocycles. The van der Waals surface area contributed by atoms with Crippen molar-refractivity contribution in [1.29, 1.82) is 0 Å². The van der Waals surface area contributed by atoms with Gasteiger partial charge in [-0.3, -0.25) is 14.5 Å². The Morgan fingerprint density at radius 3 is 2.51 bits per heavy atom. The standard InChI is InChI=1S/C62H76N4O9S2/c1-3-61(18-4-5-19-61)46-12-10-40-26-44-41-16-20-62(55(44)54-52(40)57(46)75-59(54)72)47-13-11-42(51-39-9-8-37-7-6-34(30-67)22-36(31-68)23-35(24-39)25-43(37)51)58(64-28-33(2)69)77-76-32-65-48-27-38(17-21-63-48)45(53(41)56(62)60(73)74-47)29-66-49(70)14-15-50(66)71/h8-9,13-15,17,27,33-37,39-45,51,55,58,63-65,67-69H,3-5,10-12,16,18-26,28-32H2,1-2H3. The number of carbonyl (C=O) groups excluding carboxylic acids is 4. The molecule has 16 atom stereocenters. The fourth-order valence-corrected chi connectivity index (χ4v) is 20.8. The van der Waals surface area contributed by atoms with Crippen molar-refractivity contribution in [3.05, 3.63) is 93.3 Å². The van der Waals surface area contributed by atoms with Gasteiger partial charge in [-0.05, 0) is 178 Å². The highest BCUT2D eigenvalue weighted by Gasteiger charge is 2.70. The molecular weight excluding hydrogens is 1010 g/mol. The minimum atomic E-state index is -1.00. The van der Waals surface area contributed by atoms with Gasteiger partial charge in [-0.15, -0.1) is 0 Å². The maximum Gasteiger partial charge on any atom is 0.340 e. The van der Waals surface area contributed by atoms with E-state index in [9.17, 15) is 24.9 Å². The zero-order valence-corrected chi connectivity index (χ0v) is 46.2. The van der Waals surface area contributed by atoms with Crippen molar-refractivity contribution in [3.63, 3.8) is 0 Å². The first-order chi connectivity index (χ1) is 37.4. The molecule has 10 bridgehead atoms. The van der Waals surface area contributed by atoms with E-state index >= 15 is 9.59 Å². The van der Waals surface area contributed by atoms with Gasteiger partial charge in [-0.2, -0.15) is 0 Å². The maximum absolute atomic E-state index is 15.7. The number of rotatable bonds is 10. The minimum Gasteiger partial charge on any atom is -0.427 e. The van der Waals surface area contributed by atoms with Gasteiger partial charge in [0.1, 0.15) is 11.5 Å². The minimum absolute atomic E-state index is 0.0241. The number of nitrogens with zero attached hydrogens (tertiary/aromatic N) is 1. The number of fused-ring (bicyclic) bond motifs is 4. The molecule has 77 heavy (non-hydrogen) atoms. The van der Waals surface area contributed by atoms with Crippen molar-refractivity contribution < 1.29 is 44.0 Å². The molecule has 0 radical (unpaired) electrons. The fourth-order valence-electron chi connectivity index (χ4n) is 18.3. The van der Waals surface area contributed by atoms with Gasteiger partial charge in [-0.25, -0.2) is 9.59 Å². The molecule has 410 valence electrons. The summed E-state index contributed by atoms with van der Waals surface area (Å²) in [6.07, 6.45) is 27.0. The average Bonchev–Trinajstić information content (AvgIpc) is 4.34. The van der Waals surface area contributed by atoms with Crippen LogP contribution in [-0.4, -0.2) is 94.2 Å². The zero-order chi connectivity index (χ0) is 52.9. The van der Waals surface area contributed by atoms with Crippen LogP contribution >= 0.6 is 21.6 Å². The van der Waals surface area contributed by atoms with Crippen molar-refractivity contribution in [1.82, 2.24) is 20.9 Å². The lowest BCUT2D eigenvalue weighted by Gasteiger charge is -2.58. The molecule has 15 heteroatoms. The second kappa shape index (κ2) is 20.7. The monoisotopic (exact) mass is 1080 g/mol. The zero-order valence-electron chi connectivity index (χ0n) is 44.6. The lowest BCUT2D eigenvalue weighted by molar-refractivity contribution is -0.138. The number of ether oxygens (including phenoxy) is 2. The van der Waals surface area contributed by atoms with Crippen LogP contribution in [0.2, 0.25) is 0 Å². The Balaban J connectivity index is 1.00. The van der Waals surface area contributed by atoms with Crippen LogP contribution < -0.4 is 16.0 Å². The second-order valence-electron chi connectivity index (χ2n) is 25.2. The van der Waals surface area contributed by atoms with E-state index in [0.717, 1.165) is 98.1 Å². The summed E-state index contributed by atoms with van der Waals surface area (Å²) in [6, 6.07) is 0. The van der Waals surface area contributed by atoms with Crippen molar-refractivity contribution in [3.8, 4) is 11.8 Å². The predicted octanol–water partition coefficient (Wildman–Crippen LogP) is 7.87. The van der Waals surface area contributed by atoms with Crippen molar-refractivity contribution >= 4 is 45.3 Å². The van der Waals surface area contributed by atoms with E-state index in [4.69, 9.17) is 9.47 Å². The third-order valence-electron chi connectivity index (χ3n) is 21.4. The molecule has 13 nitrogen and oxygen atoms in total. The Morgan fingerprint density at radius 2 is 1.73 bits per heavy atom. The number of allylic oxidation sites excluding steroid dienone is 7.